The van der Waals surface area contributed by atoms with Crippen LogP contribution in [0.5, 0.6) is 0 Å². The van der Waals surface area contributed by atoms with Crippen LogP contribution in [0.25, 0.3) is 5.69 Å². The van der Waals surface area contributed by atoms with Gasteiger partial charge in [-0.1, -0.05) is 12.1 Å². The largest absolute Gasteiger partial charge is 0.465 e. The number of amides is 1. The van der Waals surface area contributed by atoms with Crippen LogP contribution in [0.4, 0.5) is 23.7 Å². The van der Waals surface area contributed by atoms with E-state index in [1.807, 2.05) is 0 Å². The van der Waals surface area contributed by atoms with Crippen LogP contribution in [0.15, 0.2) is 72.2 Å². The molecule has 34 heavy (non-hydrogen) atoms. The van der Waals surface area contributed by atoms with Crippen molar-refractivity contribution in [1.29, 1.82) is 0 Å². The van der Waals surface area contributed by atoms with Crippen LogP contribution < -0.4 is 10.3 Å². The van der Waals surface area contributed by atoms with Crippen LogP contribution in [0.1, 0.15) is 11.3 Å². The standard InChI is InChI=1S/C23H18F3N5O3/c24-18-12-17(13-19(25)22(18)26)31-6-4-21(32)20(28-31)11-15-2-1-3-16(10-15)30(23(33)34)9-8-29-7-5-27-14-29/h1-7,10,12-14H,8-9,11H2,(H,33,34). The molecule has 2 aromatic heterocycles. The van der Waals surface area contributed by atoms with Crippen LogP contribution in [-0.2, 0) is 13.0 Å². The highest BCUT2D eigenvalue weighted by atomic mass is 19.2. The van der Waals surface area contributed by atoms with Gasteiger partial charge in [-0.3, -0.25) is 9.69 Å². The van der Waals surface area contributed by atoms with Crippen LogP contribution in [0, 0.1) is 17.5 Å². The number of anilines is 1. The van der Waals surface area contributed by atoms with Gasteiger partial charge in [0.2, 0.25) is 5.43 Å². The van der Waals surface area contributed by atoms with Gasteiger partial charge in [-0.15, -0.1) is 0 Å². The van der Waals surface area contributed by atoms with Crippen molar-refractivity contribution in [1.82, 2.24) is 19.3 Å². The van der Waals surface area contributed by atoms with Gasteiger partial charge in [-0.05, 0) is 17.7 Å². The number of carboxylic acid groups (broad SMARTS) is 1. The number of carbonyl (C=O) groups is 1. The summed E-state index contributed by atoms with van der Waals surface area (Å²) in [6, 6.07) is 9.33. The third-order valence-electron chi connectivity index (χ3n) is 5.08. The molecule has 11 heteroatoms. The summed E-state index contributed by atoms with van der Waals surface area (Å²) in [5, 5.41) is 13.8. The predicted molar refractivity (Wildman–Crippen MR) is 117 cm³/mol. The zero-order chi connectivity index (χ0) is 24.2. The molecule has 0 atom stereocenters. The first-order valence-corrected chi connectivity index (χ1v) is 10.1. The van der Waals surface area contributed by atoms with E-state index >= 15 is 0 Å². The maximum Gasteiger partial charge on any atom is 0.411 e. The van der Waals surface area contributed by atoms with Gasteiger partial charge >= 0.3 is 6.09 Å². The number of benzene rings is 2. The number of rotatable bonds is 7. The first kappa shape index (κ1) is 22.8. The zero-order valence-corrected chi connectivity index (χ0v) is 17.6. The lowest BCUT2D eigenvalue weighted by Crippen LogP contribution is -2.32. The van der Waals surface area contributed by atoms with Crippen molar-refractivity contribution >= 4 is 11.8 Å². The van der Waals surface area contributed by atoms with Crippen molar-refractivity contribution < 1.29 is 23.1 Å². The van der Waals surface area contributed by atoms with E-state index in [0.29, 0.717) is 17.8 Å². The summed E-state index contributed by atoms with van der Waals surface area (Å²) < 4.78 is 43.3. The summed E-state index contributed by atoms with van der Waals surface area (Å²) in [4.78, 5) is 29.3. The van der Waals surface area contributed by atoms with Crippen LogP contribution in [-0.4, -0.2) is 37.1 Å². The van der Waals surface area contributed by atoms with Gasteiger partial charge in [0.15, 0.2) is 17.5 Å². The zero-order valence-electron chi connectivity index (χ0n) is 17.6. The molecule has 174 valence electrons. The van der Waals surface area contributed by atoms with Crippen molar-refractivity contribution in [3.8, 4) is 5.69 Å². The summed E-state index contributed by atoms with van der Waals surface area (Å²) in [5.41, 5.74) is 0.558. The molecule has 2 aromatic carbocycles. The molecule has 0 aliphatic carbocycles. The fourth-order valence-corrected chi connectivity index (χ4v) is 3.39. The Morgan fingerprint density at radius 1 is 1.06 bits per heavy atom. The van der Waals surface area contributed by atoms with E-state index in [2.05, 4.69) is 10.1 Å². The quantitative estimate of drug-likeness (QED) is 0.418. The average Bonchev–Trinajstić information content (AvgIpc) is 3.32. The Morgan fingerprint density at radius 3 is 2.50 bits per heavy atom. The molecule has 4 rings (SSSR count). The molecule has 4 aromatic rings. The molecule has 0 unspecified atom stereocenters. The molecule has 0 bridgehead atoms. The minimum absolute atomic E-state index is 0.0364. The van der Waals surface area contributed by atoms with Crippen molar-refractivity contribution in [2.75, 3.05) is 11.4 Å². The first-order chi connectivity index (χ1) is 16.3. The van der Waals surface area contributed by atoms with Crippen molar-refractivity contribution in [3.05, 3.63) is 106 Å². The van der Waals surface area contributed by atoms with E-state index in [9.17, 15) is 27.9 Å². The van der Waals surface area contributed by atoms with Gasteiger partial charge in [0, 0.05) is 62.0 Å². The number of nitrogens with zero attached hydrogens (tertiary/aromatic N) is 5. The fourth-order valence-electron chi connectivity index (χ4n) is 3.39. The Balaban J connectivity index is 1.59. The fraction of sp³-hybridized carbons (Fsp3) is 0.130. The molecule has 1 amide bonds. The molecular weight excluding hydrogens is 451 g/mol. The highest BCUT2D eigenvalue weighted by Crippen LogP contribution is 2.19. The van der Waals surface area contributed by atoms with E-state index in [1.165, 1.54) is 17.2 Å². The second-order valence-corrected chi connectivity index (χ2v) is 7.38. The van der Waals surface area contributed by atoms with Crippen LogP contribution in [0.3, 0.4) is 0 Å². The average molecular weight is 469 g/mol. The highest BCUT2D eigenvalue weighted by Gasteiger charge is 2.16. The topological polar surface area (TPSA) is 93.2 Å². The predicted octanol–water partition coefficient (Wildman–Crippen LogP) is 3.62. The highest BCUT2D eigenvalue weighted by molar-refractivity contribution is 5.86. The number of hydrogen-bond acceptors (Lipinski definition) is 4. The minimum atomic E-state index is -1.60. The Labute approximate surface area is 191 Å². The minimum Gasteiger partial charge on any atom is -0.465 e. The Kier molecular flexibility index (Phi) is 6.44. The third-order valence-corrected chi connectivity index (χ3v) is 5.08. The molecule has 0 aliphatic heterocycles. The third kappa shape index (κ3) is 4.98. The number of halogens is 3. The van der Waals surface area contributed by atoms with E-state index < -0.39 is 29.0 Å². The van der Waals surface area contributed by atoms with Gasteiger partial charge in [-0.25, -0.2) is 27.6 Å². The smallest absolute Gasteiger partial charge is 0.411 e. The normalized spacial score (nSPS) is 10.9. The first-order valence-electron chi connectivity index (χ1n) is 10.1. The van der Waals surface area contributed by atoms with Gasteiger partial charge in [0.1, 0.15) is 5.69 Å². The number of imidazole rings is 1. The SMILES string of the molecule is O=C(O)N(CCn1ccnc1)c1cccc(Cc2nn(-c3cc(F)c(F)c(F)c3)ccc2=O)c1. The summed E-state index contributed by atoms with van der Waals surface area (Å²) >= 11 is 0. The van der Waals surface area contributed by atoms with E-state index in [1.54, 1.807) is 47.6 Å². The lowest BCUT2D eigenvalue weighted by molar-refractivity contribution is 0.201. The lowest BCUT2D eigenvalue weighted by Gasteiger charge is -2.20. The maximum atomic E-state index is 13.6. The number of aromatic nitrogens is 4. The Morgan fingerprint density at radius 2 is 1.82 bits per heavy atom. The van der Waals surface area contributed by atoms with E-state index in [4.69, 9.17) is 0 Å². The van der Waals surface area contributed by atoms with Crippen molar-refractivity contribution in [2.45, 2.75) is 13.0 Å². The van der Waals surface area contributed by atoms with Gasteiger partial charge in [-0.2, -0.15) is 5.10 Å². The molecule has 0 spiro atoms. The van der Waals surface area contributed by atoms with Crippen molar-refractivity contribution in [2.24, 2.45) is 0 Å². The Hall–Kier alpha value is -4.41. The molecule has 0 aliphatic rings. The monoisotopic (exact) mass is 469 g/mol. The molecule has 2 heterocycles. The summed E-state index contributed by atoms with van der Waals surface area (Å²) in [5.74, 6) is -4.36. The van der Waals surface area contributed by atoms with Crippen molar-refractivity contribution in [3.63, 3.8) is 0 Å². The number of hydrogen-bond donors (Lipinski definition) is 1. The maximum absolute atomic E-state index is 13.6. The van der Waals surface area contributed by atoms with E-state index in [-0.39, 0.29) is 24.3 Å². The van der Waals surface area contributed by atoms with Crippen LogP contribution >= 0.6 is 0 Å². The molecule has 8 nitrogen and oxygen atoms in total. The molecule has 1 N–H and O–H groups in total. The molecule has 0 saturated carbocycles. The van der Waals surface area contributed by atoms with Gasteiger partial charge < -0.3 is 9.67 Å². The molecule has 0 radical (unpaired) electrons. The second-order valence-electron chi connectivity index (χ2n) is 7.38. The summed E-state index contributed by atoms with van der Waals surface area (Å²) in [7, 11) is 0. The van der Waals surface area contributed by atoms with Gasteiger partial charge in [0.25, 0.3) is 0 Å². The molecular formula is C23H18F3N5O3. The molecule has 0 fully saturated rings. The second kappa shape index (κ2) is 9.61. The lowest BCUT2D eigenvalue weighted by atomic mass is 10.1. The van der Waals surface area contributed by atoms with Gasteiger partial charge in [0.05, 0.1) is 12.0 Å². The van der Waals surface area contributed by atoms with Crippen LogP contribution in [0.2, 0.25) is 0 Å². The Bertz CT molecular complexity index is 1370. The van der Waals surface area contributed by atoms with E-state index in [0.717, 1.165) is 16.8 Å². The summed E-state index contributed by atoms with van der Waals surface area (Å²) in [6.45, 7) is 0.569. The molecule has 0 saturated heterocycles. The summed E-state index contributed by atoms with van der Waals surface area (Å²) in [6.07, 6.45) is 5.02.